The second-order valence-electron chi connectivity index (χ2n) is 5.34. The highest BCUT2D eigenvalue weighted by atomic mass is 19.1. The molecule has 0 saturated carbocycles. The SMILES string of the molecule is Cc1cc(=O)n(-c2ccc(OCF)cc2)cc1-c1cccc(F)c1. The Labute approximate surface area is 137 Å². The monoisotopic (exact) mass is 327 g/mol. The predicted octanol–water partition coefficient (Wildman–Crippen LogP) is 4.26. The van der Waals surface area contributed by atoms with Crippen molar-refractivity contribution in [2.24, 2.45) is 0 Å². The number of alkyl halides is 1. The van der Waals surface area contributed by atoms with Crippen LogP contribution in [0.1, 0.15) is 5.56 Å². The van der Waals surface area contributed by atoms with Gasteiger partial charge in [-0.05, 0) is 54.4 Å². The third kappa shape index (κ3) is 3.20. The van der Waals surface area contributed by atoms with E-state index in [4.69, 9.17) is 4.74 Å². The molecule has 0 aliphatic heterocycles. The molecule has 0 atom stereocenters. The molecule has 0 aliphatic rings. The van der Waals surface area contributed by atoms with E-state index in [9.17, 15) is 13.6 Å². The number of hydrogen-bond donors (Lipinski definition) is 0. The van der Waals surface area contributed by atoms with Gasteiger partial charge < -0.3 is 4.74 Å². The average molecular weight is 327 g/mol. The van der Waals surface area contributed by atoms with Gasteiger partial charge >= 0.3 is 0 Å². The molecule has 3 rings (SSSR count). The van der Waals surface area contributed by atoms with E-state index in [1.807, 2.05) is 6.92 Å². The molecule has 0 unspecified atom stereocenters. The summed E-state index contributed by atoms with van der Waals surface area (Å²) >= 11 is 0. The fraction of sp³-hybridized carbons (Fsp3) is 0.105. The van der Waals surface area contributed by atoms with Crippen molar-refractivity contribution in [1.29, 1.82) is 0 Å². The van der Waals surface area contributed by atoms with Crippen molar-refractivity contribution >= 4 is 0 Å². The highest BCUT2D eigenvalue weighted by Gasteiger charge is 2.08. The number of rotatable bonds is 4. The van der Waals surface area contributed by atoms with Gasteiger partial charge in [-0.2, -0.15) is 0 Å². The topological polar surface area (TPSA) is 31.2 Å². The molecule has 3 aromatic rings. The summed E-state index contributed by atoms with van der Waals surface area (Å²) in [5.41, 5.74) is 2.63. The maximum atomic E-state index is 13.5. The number of halogens is 2. The Morgan fingerprint density at radius 3 is 2.50 bits per heavy atom. The van der Waals surface area contributed by atoms with Crippen LogP contribution in [-0.4, -0.2) is 11.4 Å². The molecule has 0 amide bonds. The second kappa shape index (κ2) is 6.66. The summed E-state index contributed by atoms with van der Waals surface area (Å²) in [7, 11) is 0. The molecule has 1 aromatic heterocycles. The highest BCUT2D eigenvalue weighted by molar-refractivity contribution is 5.66. The lowest BCUT2D eigenvalue weighted by molar-refractivity contribution is 0.192. The first-order valence-electron chi connectivity index (χ1n) is 7.37. The van der Waals surface area contributed by atoms with Crippen LogP contribution in [0, 0.1) is 12.7 Å². The van der Waals surface area contributed by atoms with Crippen LogP contribution in [-0.2, 0) is 0 Å². The lowest BCUT2D eigenvalue weighted by atomic mass is 10.0. The summed E-state index contributed by atoms with van der Waals surface area (Å²) in [6.45, 7) is 0.901. The van der Waals surface area contributed by atoms with Crippen molar-refractivity contribution in [3.63, 3.8) is 0 Å². The number of ether oxygens (including phenoxy) is 1. The van der Waals surface area contributed by atoms with Crippen molar-refractivity contribution in [3.8, 4) is 22.6 Å². The van der Waals surface area contributed by atoms with E-state index in [0.717, 1.165) is 11.1 Å². The zero-order valence-electron chi connectivity index (χ0n) is 13.0. The van der Waals surface area contributed by atoms with Crippen LogP contribution in [0.5, 0.6) is 5.75 Å². The van der Waals surface area contributed by atoms with Crippen LogP contribution in [0.25, 0.3) is 16.8 Å². The van der Waals surface area contributed by atoms with Crippen molar-refractivity contribution < 1.29 is 13.5 Å². The number of hydrogen-bond acceptors (Lipinski definition) is 2. The first-order chi connectivity index (χ1) is 11.6. The molecule has 2 aromatic carbocycles. The molecular weight excluding hydrogens is 312 g/mol. The van der Waals surface area contributed by atoms with Crippen LogP contribution in [0.4, 0.5) is 8.78 Å². The zero-order valence-corrected chi connectivity index (χ0v) is 13.0. The van der Waals surface area contributed by atoms with Crippen molar-refractivity contribution in [1.82, 2.24) is 4.57 Å². The summed E-state index contributed by atoms with van der Waals surface area (Å²) in [5, 5.41) is 0. The molecule has 0 fully saturated rings. The maximum Gasteiger partial charge on any atom is 0.255 e. The maximum absolute atomic E-state index is 13.5. The van der Waals surface area contributed by atoms with Gasteiger partial charge in [0, 0.05) is 23.5 Å². The highest BCUT2D eigenvalue weighted by Crippen LogP contribution is 2.24. The number of nitrogens with zero attached hydrogens (tertiary/aromatic N) is 1. The first kappa shape index (κ1) is 15.9. The molecule has 0 saturated heterocycles. The van der Waals surface area contributed by atoms with Gasteiger partial charge in [-0.25, -0.2) is 8.78 Å². The predicted molar refractivity (Wildman–Crippen MR) is 88.8 cm³/mol. The number of pyridine rings is 1. The molecule has 1 heterocycles. The molecule has 0 bridgehead atoms. The fourth-order valence-electron chi connectivity index (χ4n) is 2.55. The Balaban J connectivity index is 2.09. The molecule has 5 heteroatoms. The lowest BCUT2D eigenvalue weighted by Gasteiger charge is -2.12. The number of aryl methyl sites for hydroxylation is 1. The van der Waals surface area contributed by atoms with E-state index in [-0.39, 0.29) is 11.4 Å². The summed E-state index contributed by atoms with van der Waals surface area (Å²) in [6.07, 6.45) is 1.68. The summed E-state index contributed by atoms with van der Waals surface area (Å²) in [6, 6.07) is 14.2. The van der Waals surface area contributed by atoms with Gasteiger partial charge in [0.05, 0.1) is 0 Å². The smallest absolute Gasteiger partial charge is 0.255 e. The number of benzene rings is 2. The lowest BCUT2D eigenvalue weighted by Crippen LogP contribution is -2.17. The van der Waals surface area contributed by atoms with E-state index in [1.165, 1.54) is 22.8 Å². The molecule has 0 spiro atoms. The first-order valence-corrected chi connectivity index (χ1v) is 7.37. The largest absolute Gasteiger partial charge is 0.463 e. The van der Waals surface area contributed by atoms with Gasteiger partial charge in [0.1, 0.15) is 11.6 Å². The van der Waals surface area contributed by atoms with Crippen LogP contribution in [0.15, 0.2) is 65.6 Å². The molecule has 0 N–H and O–H groups in total. The van der Waals surface area contributed by atoms with E-state index in [1.54, 1.807) is 42.6 Å². The van der Waals surface area contributed by atoms with E-state index >= 15 is 0 Å². The van der Waals surface area contributed by atoms with Gasteiger partial charge in [-0.1, -0.05) is 12.1 Å². The van der Waals surface area contributed by atoms with Crippen LogP contribution in [0.3, 0.4) is 0 Å². The average Bonchev–Trinajstić information content (AvgIpc) is 2.56. The fourth-order valence-corrected chi connectivity index (χ4v) is 2.55. The van der Waals surface area contributed by atoms with Crippen molar-refractivity contribution in [2.45, 2.75) is 6.92 Å². The standard InChI is InChI=1S/C19H15F2NO2/c1-13-9-19(23)22(16-5-7-17(8-6-16)24-12-20)11-18(13)14-3-2-4-15(21)10-14/h2-11H,12H2,1H3. The minimum atomic E-state index is -0.909. The quantitative estimate of drug-likeness (QED) is 0.717. The summed E-state index contributed by atoms with van der Waals surface area (Å²) < 4.78 is 31.9. The Morgan fingerprint density at radius 1 is 1.08 bits per heavy atom. The summed E-state index contributed by atoms with van der Waals surface area (Å²) in [5.74, 6) is 0.0455. The van der Waals surface area contributed by atoms with E-state index in [0.29, 0.717) is 17.0 Å². The Hall–Kier alpha value is -2.95. The van der Waals surface area contributed by atoms with Gasteiger partial charge in [-0.15, -0.1) is 0 Å². The third-order valence-corrected chi connectivity index (χ3v) is 3.73. The Morgan fingerprint density at radius 2 is 1.83 bits per heavy atom. The normalized spacial score (nSPS) is 10.6. The Bertz CT molecular complexity index is 917. The molecular formula is C19H15F2NO2. The molecule has 0 radical (unpaired) electrons. The van der Waals surface area contributed by atoms with Crippen LogP contribution in [0.2, 0.25) is 0 Å². The van der Waals surface area contributed by atoms with Gasteiger partial charge in [-0.3, -0.25) is 9.36 Å². The second-order valence-corrected chi connectivity index (χ2v) is 5.34. The van der Waals surface area contributed by atoms with Gasteiger partial charge in [0.2, 0.25) is 6.86 Å². The molecule has 0 aliphatic carbocycles. The van der Waals surface area contributed by atoms with Crippen molar-refractivity contribution in [3.05, 3.63) is 82.5 Å². The molecule has 3 nitrogen and oxygen atoms in total. The Kier molecular flexibility index (Phi) is 4.42. The molecule has 24 heavy (non-hydrogen) atoms. The minimum Gasteiger partial charge on any atom is -0.463 e. The van der Waals surface area contributed by atoms with Crippen molar-refractivity contribution in [2.75, 3.05) is 6.86 Å². The molecule has 122 valence electrons. The zero-order chi connectivity index (χ0) is 17.1. The minimum absolute atomic E-state index is 0.202. The van der Waals surface area contributed by atoms with Gasteiger partial charge in [0.15, 0.2) is 0 Å². The third-order valence-electron chi connectivity index (χ3n) is 3.73. The number of aromatic nitrogens is 1. The van der Waals surface area contributed by atoms with Crippen LogP contribution < -0.4 is 10.3 Å². The van der Waals surface area contributed by atoms with E-state index < -0.39 is 6.86 Å². The van der Waals surface area contributed by atoms with Crippen LogP contribution >= 0.6 is 0 Å². The van der Waals surface area contributed by atoms with E-state index in [2.05, 4.69) is 0 Å². The van der Waals surface area contributed by atoms with Gasteiger partial charge in [0.25, 0.3) is 5.56 Å². The summed E-state index contributed by atoms with van der Waals surface area (Å²) in [4.78, 5) is 12.3.